The van der Waals surface area contributed by atoms with E-state index in [-0.39, 0.29) is 23.8 Å². The van der Waals surface area contributed by atoms with Gasteiger partial charge in [0.1, 0.15) is 0 Å². The largest absolute Gasteiger partial charge is 0.353 e. The van der Waals surface area contributed by atoms with Gasteiger partial charge in [0.15, 0.2) is 0 Å². The third-order valence-corrected chi connectivity index (χ3v) is 8.17. The van der Waals surface area contributed by atoms with Crippen molar-refractivity contribution in [2.75, 3.05) is 26.2 Å². The van der Waals surface area contributed by atoms with E-state index in [9.17, 15) is 18.0 Å². The van der Waals surface area contributed by atoms with Crippen molar-refractivity contribution >= 4 is 21.8 Å². The average molecular weight is 450 g/mol. The van der Waals surface area contributed by atoms with Gasteiger partial charge in [-0.15, -0.1) is 0 Å². The first-order valence-corrected chi connectivity index (χ1v) is 12.8. The van der Waals surface area contributed by atoms with Gasteiger partial charge in [-0.25, -0.2) is 8.42 Å². The van der Waals surface area contributed by atoms with Crippen LogP contribution in [0.4, 0.5) is 0 Å². The van der Waals surface area contributed by atoms with Crippen molar-refractivity contribution in [2.45, 2.75) is 63.8 Å². The van der Waals surface area contributed by atoms with Crippen LogP contribution in [0.15, 0.2) is 29.2 Å². The first kappa shape index (κ1) is 23.7. The Hall–Kier alpha value is -1.93. The van der Waals surface area contributed by atoms with Gasteiger partial charge in [0.2, 0.25) is 21.8 Å². The van der Waals surface area contributed by atoms with Gasteiger partial charge in [0, 0.05) is 44.6 Å². The van der Waals surface area contributed by atoms with Crippen LogP contribution >= 0.6 is 0 Å². The van der Waals surface area contributed by atoms with E-state index in [1.807, 2.05) is 25.7 Å². The quantitative estimate of drug-likeness (QED) is 0.723. The highest BCUT2D eigenvalue weighted by molar-refractivity contribution is 7.89. The Balaban J connectivity index is 1.45. The summed E-state index contributed by atoms with van der Waals surface area (Å²) < 4.78 is 27.2. The minimum Gasteiger partial charge on any atom is -0.353 e. The Labute approximate surface area is 186 Å². The molecule has 2 aliphatic heterocycles. The summed E-state index contributed by atoms with van der Waals surface area (Å²) in [4.78, 5) is 27.1. The summed E-state index contributed by atoms with van der Waals surface area (Å²) >= 11 is 0. The van der Waals surface area contributed by atoms with Gasteiger partial charge in [0.05, 0.1) is 4.90 Å². The van der Waals surface area contributed by atoms with E-state index in [1.54, 1.807) is 24.3 Å². The highest BCUT2D eigenvalue weighted by atomic mass is 32.2. The lowest BCUT2D eigenvalue weighted by Gasteiger charge is -2.35. The lowest BCUT2D eigenvalue weighted by Crippen LogP contribution is -2.49. The number of aryl methyl sites for hydroxylation is 1. The van der Waals surface area contributed by atoms with E-state index in [0.717, 1.165) is 18.4 Å². The molecular weight excluding hydrogens is 414 g/mol. The molecule has 0 radical (unpaired) electrons. The van der Waals surface area contributed by atoms with Gasteiger partial charge in [-0.1, -0.05) is 31.5 Å². The zero-order valence-electron chi connectivity index (χ0n) is 18.8. The molecule has 2 amide bonds. The molecule has 0 aliphatic carbocycles. The predicted octanol–water partition coefficient (Wildman–Crippen LogP) is 2.55. The fraction of sp³-hybridized carbons (Fsp3) is 0.652. The molecule has 0 bridgehead atoms. The average Bonchev–Trinajstić information content (AvgIpc) is 2.74. The minimum atomic E-state index is -3.51. The number of nitrogens with zero attached hydrogens (tertiary/aromatic N) is 2. The van der Waals surface area contributed by atoms with Crippen molar-refractivity contribution in [1.82, 2.24) is 14.5 Å². The Morgan fingerprint density at radius 3 is 2.13 bits per heavy atom. The number of benzene rings is 1. The van der Waals surface area contributed by atoms with E-state index >= 15 is 0 Å². The number of piperidine rings is 2. The molecule has 0 aromatic heterocycles. The van der Waals surface area contributed by atoms with Crippen LogP contribution in [0.1, 0.15) is 51.5 Å². The Kier molecular flexibility index (Phi) is 7.75. The minimum absolute atomic E-state index is 0.0133. The number of amides is 2. The molecule has 3 rings (SSSR count). The van der Waals surface area contributed by atoms with Crippen LogP contribution in [0.5, 0.6) is 0 Å². The normalized spacial score (nSPS) is 19.5. The molecule has 2 aliphatic rings. The molecule has 2 saturated heterocycles. The molecule has 8 heteroatoms. The van der Waals surface area contributed by atoms with Crippen molar-refractivity contribution < 1.29 is 18.0 Å². The van der Waals surface area contributed by atoms with Gasteiger partial charge in [-0.05, 0) is 50.7 Å². The van der Waals surface area contributed by atoms with Gasteiger partial charge in [0.25, 0.3) is 0 Å². The van der Waals surface area contributed by atoms with E-state index in [0.29, 0.717) is 56.3 Å². The van der Waals surface area contributed by atoms with Gasteiger partial charge in [-0.3, -0.25) is 9.59 Å². The Bertz CT molecular complexity index is 867. The highest BCUT2D eigenvalue weighted by Crippen LogP contribution is 2.25. The first-order chi connectivity index (χ1) is 14.7. The number of hydrogen-bond acceptors (Lipinski definition) is 4. The van der Waals surface area contributed by atoms with Crippen LogP contribution in [0.3, 0.4) is 0 Å². The molecule has 7 nitrogen and oxygen atoms in total. The van der Waals surface area contributed by atoms with Crippen molar-refractivity contribution in [3.8, 4) is 0 Å². The summed E-state index contributed by atoms with van der Waals surface area (Å²) in [7, 11) is -3.51. The van der Waals surface area contributed by atoms with Gasteiger partial charge >= 0.3 is 0 Å². The van der Waals surface area contributed by atoms with E-state index < -0.39 is 10.0 Å². The monoisotopic (exact) mass is 449 g/mol. The summed E-state index contributed by atoms with van der Waals surface area (Å²) in [5, 5.41) is 3.14. The fourth-order valence-corrected chi connectivity index (χ4v) is 5.76. The maximum Gasteiger partial charge on any atom is 0.243 e. The number of hydrogen-bond donors (Lipinski definition) is 1. The molecule has 31 heavy (non-hydrogen) atoms. The molecule has 2 fully saturated rings. The lowest BCUT2D eigenvalue weighted by molar-refractivity contribution is -0.133. The third kappa shape index (κ3) is 6.07. The molecule has 0 saturated carbocycles. The Morgan fingerprint density at radius 2 is 1.58 bits per heavy atom. The zero-order chi connectivity index (χ0) is 22.6. The van der Waals surface area contributed by atoms with E-state index in [1.165, 1.54) is 4.31 Å². The first-order valence-electron chi connectivity index (χ1n) is 11.3. The summed E-state index contributed by atoms with van der Waals surface area (Å²) in [6, 6.07) is 6.97. The molecule has 0 spiro atoms. The molecule has 1 aromatic rings. The van der Waals surface area contributed by atoms with Crippen LogP contribution in [0.2, 0.25) is 0 Å². The SMILES string of the molecule is Cc1ccc(S(=O)(=O)N2CCC(C(=O)NC3CCN(C(=O)CC(C)C)CC3)CC2)cc1. The summed E-state index contributed by atoms with van der Waals surface area (Å²) in [5.41, 5.74) is 1.02. The maximum absolute atomic E-state index is 12.8. The molecule has 0 unspecified atom stereocenters. The van der Waals surface area contributed by atoms with Crippen LogP contribution < -0.4 is 5.32 Å². The Morgan fingerprint density at radius 1 is 1.00 bits per heavy atom. The van der Waals surface area contributed by atoms with Crippen molar-refractivity contribution in [2.24, 2.45) is 11.8 Å². The van der Waals surface area contributed by atoms with Gasteiger partial charge < -0.3 is 10.2 Å². The van der Waals surface area contributed by atoms with Crippen molar-refractivity contribution in [3.05, 3.63) is 29.8 Å². The second-order valence-corrected chi connectivity index (χ2v) is 11.2. The number of carbonyl (C=O) groups is 2. The van der Waals surface area contributed by atoms with E-state index in [4.69, 9.17) is 0 Å². The number of carbonyl (C=O) groups excluding carboxylic acids is 2. The maximum atomic E-state index is 12.8. The van der Waals surface area contributed by atoms with Crippen LogP contribution in [0.25, 0.3) is 0 Å². The number of nitrogens with one attached hydrogen (secondary N) is 1. The molecule has 0 atom stereocenters. The van der Waals surface area contributed by atoms with E-state index in [2.05, 4.69) is 5.32 Å². The van der Waals surface area contributed by atoms with Crippen LogP contribution in [-0.4, -0.2) is 61.7 Å². The summed E-state index contributed by atoms with van der Waals surface area (Å²) in [6.07, 6.45) is 3.18. The second kappa shape index (κ2) is 10.1. The summed E-state index contributed by atoms with van der Waals surface area (Å²) in [6.45, 7) is 8.10. The van der Waals surface area contributed by atoms with Gasteiger partial charge in [-0.2, -0.15) is 4.31 Å². The molecule has 1 aromatic carbocycles. The standard InChI is InChI=1S/C23H35N3O4S/c1-17(2)16-22(27)25-12-10-20(11-13-25)24-23(28)19-8-14-26(15-9-19)31(29,30)21-6-4-18(3)5-7-21/h4-7,17,19-20H,8-16H2,1-3H3,(H,24,28). The fourth-order valence-electron chi connectivity index (χ4n) is 4.29. The summed E-state index contributed by atoms with van der Waals surface area (Å²) in [5.74, 6) is 0.400. The number of likely N-dealkylation sites (tertiary alicyclic amines) is 1. The van der Waals surface area contributed by atoms with Crippen molar-refractivity contribution in [3.63, 3.8) is 0 Å². The third-order valence-electron chi connectivity index (χ3n) is 6.26. The second-order valence-electron chi connectivity index (χ2n) is 9.25. The molecule has 2 heterocycles. The van der Waals surface area contributed by atoms with Crippen LogP contribution in [0, 0.1) is 18.8 Å². The molecule has 172 valence electrons. The highest BCUT2D eigenvalue weighted by Gasteiger charge is 2.33. The number of rotatable bonds is 6. The molecule has 1 N–H and O–H groups in total. The molecular formula is C23H35N3O4S. The zero-order valence-corrected chi connectivity index (χ0v) is 19.7. The van der Waals surface area contributed by atoms with Crippen molar-refractivity contribution in [1.29, 1.82) is 0 Å². The smallest absolute Gasteiger partial charge is 0.243 e. The van der Waals surface area contributed by atoms with Crippen LogP contribution in [-0.2, 0) is 19.6 Å². The number of sulfonamides is 1. The topological polar surface area (TPSA) is 86.8 Å². The predicted molar refractivity (Wildman–Crippen MR) is 120 cm³/mol. The lowest BCUT2D eigenvalue weighted by atomic mass is 9.95.